The third kappa shape index (κ3) is 6.33. The van der Waals surface area contributed by atoms with Crippen LogP contribution in [0, 0.1) is 10.5 Å². The minimum absolute atomic E-state index is 0.0755. The third-order valence-corrected chi connectivity index (χ3v) is 7.63. The largest absolute Gasteiger partial charge is 0.487 e. The van der Waals surface area contributed by atoms with E-state index in [-0.39, 0.29) is 11.4 Å². The number of nitrogens with one attached hydrogen (secondary N) is 2. The van der Waals surface area contributed by atoms with E-state index >= 15 is 0 Å². The highest BCUT2D eigenvalue weighted by Gasteiger charge is 2.27. The molecule has 3 aromatic rings. The summed E-state index contributed by atoms with van der Waals surface area (Å²) in [5.41, 5.74) is 5.37. The van der Waals surface area contributed by atoms with Crippen molar-refractivity contribution in [2.75, 3.05) is 5.32 Å². The monoisotopic (exact) mass is 634 g/mol. The molecule has 0 bridgehead atoms. The van der Waals surface area contributed by atoms with Crippen LogP contribution in [0.2, 0.25) is 0 Å². The van der Waals surface area contributed by atoms with E-state index in [1.54, 1.807) is 0 Å². The Morgan fingerprint density at radius 3 is 2.48 bits per heavy atom. The Hall–Kier alpha value is -1.97. The van der Waals surface area contributed by atoms with Gasteiger partial charge in [0, 0.05) is 5.69 Å². The van der Waals surface area contributed by atoms with E-state index in [1.807, 2.05) is 30.3 Å². The molecule has 7 heteroatoms. The average Bonchev–Trinajstić information content (AvgIpc) is 3.13. The van der Waals surface area contributed by atoms with Gasteiger partial charge in [-0.1, -0.05) is 60.6 Å². The fourth-order valence-corrected chi connectivity index (χ4v) is 6.10. The maximum atomic E-state index is 12.5. The molecule has 0 saturated carbocycles. The zero-order valence-electron chi connectivity index (χ0n) is 18.3. The molecular weight excluding hydrogens is 611 g/mol. The first kappa shape index (κ1) is 24.2. The topological polar surface area (TPSA) is 50.4 Å². The summed E-state index contributed by atoms with van der Waals surface area (Å²) < 4.78 is 7.91. The molecule has 0 aliphatic carbocycles. The Kier molecular flexibility index (Phi) is 8.03. The number of halogens is 2. The summed E-state index contributed by atoms with van der Waals surface area (Å²) in [6, 6.07) is 20.6. The molecule has 1 heterocycles. The van der Waals surface area contributed by atoms with E-state index in [1.165, 1.54) is 22.9 Å². The minimum atomic E-state index is -0.198. The number of hydrogen-bond acceptors (Lipinski definition) is 4. The molecule has 1 aliphatic heterocycles. The van der Waals surface area contributed by atoms with E-state index in [0.29, 0.717) is 11.5 Å². The number of amides is 1. The van der Waals surface area contributed by atoms with E-state index in [9.17, 15) is 4.79 Å². The number of anilines is 1. The normalized spacial score (nSPS) is 16.7. The molecule has 170 valence electrons. The quantitative estimate of drug-likeness (QED) is 0.215. The van der Waals surface area contributed by atoms with Crippen molar-refractivity contribution >= 4 is 68.0 Å². The van der Waals surface area contributed by atoms with Crippen LogP contribution in [0.25, 0.3) is 6.08 Å². The number of carbonyl (C=O) groups excluding carboxylic acids is 1. The lowest BCUT2D eigenvalue weighted by Gasteiger charge is -2.13. The Labute approximate surface area is 220 Å². The number of benzene rings is 3. The molecular formula is C26H24BrIN2O2S. The van der Waals surface area contributed by atoms with Gasteiger partial charge in [0.2, 0.25) is 0 Å². The summed E-state index contributed by atoms with van der Waals surface area (Å²) in [5.74, 6) is 0.727. The maximum Gasteiger partial charge on any atom is 0.260 e. The van der Waals surface area contributed by atoms with E-state index in [0.717, 1.165) is 37.0 Å². The third-order valence-electron chi connectivity index (χ3n) is 5.21. The summed E-state index contributed by atoms with van der Waals surface area (Å²) in [4.78, 5) is 13.2. The molecule has 0 spiro atoms. The van der Waals surface area contributed by atoms with Gasteiger partial charge in [0.1, 0.15) is 12.4 Å². The van der Waals surface area contributed by atoms with Crippen molar-refractivity contribution in [1.29, 1.82) is 0 Å². The first-order chi connectivity index (χ1) is 15.9. The average molecular weight is 635 g/mol. The summed E-state index contributed by atoms with van der Waals surface area (Å²) in [6.07, 6.45) is 2.92. The lowest BCUT2D eigenvalue weighted by Crippen LogP contribution is -2.30. The van der Waals surface area contributed by atoms with Gasteiger partial charge < -0.3 is 15.4 Å². The molecule has 1 amide bonds. The Morgan fingerprint density at radius 1 is 1.12 bits per heavy atom. The minimum Gasteiger partial charge on any atom is -0.487 e. The highest BCUT2D eigenvalue weighted by atomic mass is 127. The van der Waals surface area contributed by atoms with Gasteiger partial charge in [0.25, 0.3) is 5.91 Å². The highest BCUT2D eigenvalue weighted by Crippen LogP contribution is 2.35. The number of thioether (sulfide) groups is 1. The van der Waals surface area contributed by atoms with Crippen LogP contribution < -0.4 is 15.4 Å². The molecule has 33 heavy (non-hydrogen) atoms. The molecule has 2 N–H and O–H groups in total. The first-order valence-electron chi connectivity index (χ1n) is 10.6. The smallest absolute Gasteiger partial charge is 0.260 e. The van der Waals surface area contributed by atoms with E-state index in [4.69, 9.17) is 4.74 Å². The zero-order valence-corrected chi connectivity index (χ0v) is 22.9. The second kappa shape index (κ2) is 11.0. The van der Waals surface area contributed by atoms with Crippen molar-refractivity contribution in [2.24, 2.45) is 0 Å². The summed E-state index contributed by atoms with van der Waals surface area (Å²) >= 11 is 7.39. The Balaban J connectivity index is 1.43. The molecule has 1 aliphatic rings. The second-order valence-corrected chi connectivity index (χ2v) is 10.9. The van der Waals surface area contributed by atoms with Crippen molar-refractivity contribution in [2.45, 2.75) is 32.4 Å². The molecule has 4 nitrogen and oxygen atoms in total. The van der Waals surface area contributed by atoms with Crippen LogP contribution in [0.5, 0.6) is 5.75 Å². The molecule has 0 aromatic heterocycles. The number of aryl methyl sites for hydroxylation is 2. The fraction of sp³-hybridized carbons (Fsp3) is 0.192. The Morgan fingerprint density at radius 2 is 1.82 bits per heavy atom. The second-order valence-electron chi connectivity index (χ2n) is 7.76. The molecule has 1 saturated heterocycles. The van der Waals surface area contributed by atoms with Gasteiger partial charge in [0.15, 0.2) is 5.50 Å². The van der Waals surface area contributed by atoms with E-state index in [2.05, 4.69) is 99.4 Å². The zero-order chi connectivity index (χ0) is 23.4. The SMILES string of the molecule is CCc1ccc(N[C@H]2NC(=O)/C(=C/c3cc(Br)c(OCc4ccc(C)cc4)c(I)c3)S2)cc1. The van der Waals surface area contributed by atoms with Crippen LogP contribution in [0.1, 0.15) is 29.2 Å². The van der Waals surface area contributed by atoms with Gasteiger partial charge in [-0.2, -0.15) is 0 Å². The molecule has 0 unspecified atom stereocenters. The van der Waals surface area contributed by atoms with E-state index < -0.39 is 0 Å². The predicted molar refractivity (Wildman–Crippen MR) is 149 cm³/mol. The number of ether oxygens (including phenoxy) is 1. The number of rotatable bonds is 7. The van der Waals surface area contributed by atoms with Gasteiger partial charge in [-0.05, 0) is 98.9 Å². The molecule has 1 fully saturated rings. The van der Waals surface area contributed by atoms with Gasteiger partial charge in [-0.15, -0.1) is 0 Å². The summed E-state index contributed by atoms with van der Waals surface area (Å²) in [5, 5.41) is 6.36. The van der Waals surface area contributed by atoms with Crippen molar-refractivity contribution < 1.29 is 9.53 Å². The fourth-order valence-electron chi connectivity index (χ4n) is 3.35. The standard InChI is InChI=1S/C26H24BrIN2O2S/c1-3-17-8-10-20(11-9-17)29-26-30-25(31)23(33-26)14-19-12-21(27)24(22(28)13-19)32-15-18-6-4-16(2)5-7-18/h4-14,26,29H,3,15H2,1-2H3,(H,30,31)/b23-14-/t26-/m0/s1. The predicted octanol–water partition coefficient (Wildman–Crippen LogP) is 7.10. The van der Waals surface area contributed by atoms with Crippen molar-refractivity contribution in [3.8, 4) is 5.75 Å². The maximum absolute atomic E-state index is 12.5. The van der Waals surface area contributed by atoms with Crippen LogP contribution in [0.15, 0.2) is 70.0 Å². The first-order valence-corrected chi connectivity index (χ1v) is 13.4. The highest BCUT2D eigenvalue weighted by molar-refractivity contribution is 14.1. The molecule has 4 rings (SSSR count). The van der Waals surface area contributed by atoms with Crippen molar-refractivity contribution in [3.63, 3.8) is 0 Å². The van der Waals surface area contributed by atoms with Gasteiger partial charge >= 0.3 is 0 Å². The van der Waals surface area contributed by atoms with Gasteiger partial charge in [0.05, 0.1) is 12.9 Å². The van der Waals surface area contributed by atoms with Crippen LogP contribution in [-0.2, 0) is 17.8 Å². The van der Waals surface area contributed by atoms with Crippen LogP contribution in [-0.4, -0.2) is 11.4 Å². The number of carbonyl (C=O) groups is 1. The molecule has 1 atom stereocenters. The van der Waals surface area contributed by atoms with Crippen LogP contribution in [0.3, 0.4) is 0 Å². The molecule has 3 aromatic carbocycles. The summed E-state index contributed by atoms with van der Waals surface area (Å²) in [6.45, 7) is 4.71. The Bertz CT molecular complexity index is 1160. The lowest BCUT2D eigenvalue weighted by molar-refractivity contribution is -0.116. The number of hydrogen-bond donors (Lipinski definition) is 2. The van der Waals surface area contributed by atoms with Crippen LogP contribution in [0.4, 0.5) is 5.69 Å². The van der Waals surface area contributed by atoms with Gasteiger partial charge in [-0.25, -0.2) is 0 Å². The van der Waals surface area contributed by atoms with Crippen molar-refractivity contribution in [1.82, 2.24) is 5.32 Å². The summed E-state index contributed by atoms with van der Waals surface area (Å²) in [7, 11) is 0. The lowest BCUT2D eigenvalue weighted by atomic mass is 10.1. The van der Waals surface area contributed by atoms with Crippen LogP contribution >= 0.6 is 50.3 Å². The van der Waals surface area contributed by atoms with Crippen molar-refractivity contribution in [3.05, 3.63) is 95.9 Å². The van der Waals surface area contributed by atoms with Gasteiger partial charge in [-0.3, -0.25) is 4.79 Å². The molecule has 0 radical (unpaired) electrons.